The zero-order valence-electron chi connectivity index (χ0n) is 13.1. The van der Waals surface area contributed by atoms with Crippen LogP contribution in [0.2, 0.25) is 0 Å². The van der Waals surface area contributed by atoms with Crippen LogP contribution in [-0.2, 0) is 19.7 Å². The molecule has 1 aromatic rings. The van der Waals surface area contributed by atoms with Gasteiger partial charge in [0.15, 0.2) is 0 Å². The Morgan fingerprint density at radius 1 is 1.32 bits per heavy atom. The molecule has 0 radical (unpaired) electrons. The van der Waals surface area contributed by atoms with Crippen molar-refractivity contribution < 1.29 is 19.4 Å². The first-order valence-corrected chi connectivity index (χ1v) is 7.55. The van der Waals surface area contributed by atoms with Crippen LogP contribution in [0.25, 0.3) is 0 Å². The SMILES string of the molecule is CC(C)(CC(=O)N1CCOCC1CC(=O)O)c1ccccc1. The van der Waals surface area contributed by atoms with E-state index in [1.54, 1.807) is 4.90 Å². The Labute approximate surface area is 130 Å². The third kappa shape index (κ3) is 4.07. The highest BCUT2D eigenvalue weighted by atomic mass is 16.5. The summed E-state index contributed by atoms with van der Waals surface area (Å²) in [7, 11) is 0. The average molecular weight is 305 g/mol. The van der Waals surface area contributed by atoms with Gasteiger partial charge < -0.3 is 14.7 Å². The lowest BCUT2D eigenvalue weighted by molar-refractivity contribution is -0.146. The third-order valence-electron chi connectivity index (χ3n) is 4.11. The average Bonchev–Trinajstić information content (AvgIpc) is 2.47. The lowest BCUT2D eigenvalue weighted by Crippen LogP contribution is -2.50. The van der Waals surface area contributed by atoms with Crippen LogP contribution >= 0.6 is 0 Å². The minimum Gasteiger partial charge on any atom is -0.481 e. The second kappa shape index (κ2) is 6.92. The smallest absolute Gasteiger partial charge is 0.305 e. The van der Waals surface area contributed by atoms with Gasteiger partial charge >= 0.3 is 5.97 Å². The minimum absolute atomic E-state index is 0.0107. The zero-order chi connectivity index (χ0) is 16.2. The van der Waals surface area contributed by atoms with E-state index >= 15 is 0 Å². The fourth-order valence-corrected chi connectivity index (χ4v) is 2.82. The normalized spacial score (nSPS) is 19.0. The van der Waals surface area contributed by atoms with Crippen molar-refractivity contribution in [1.82, 2.24) is 4.90 Å². The molecule has 1 aliphatic rings. The van der Waals surface area contributed by atoms with Crippen LogP contribution in [0.3, 0.4) is 0 Å². The number of hydrogen-bond acceptors (Lipinski definition) is 3. The number of carboxylic acids is 1. The topological polar surface area (TPSA) is 66.8 Å². The summed E-state index contributed by atoms with van der Waals surface area (Å²) in [4.78, 5) is 25.3. The summed E-state index contributed by atoms with van der Waals surface area (Å²) in [6.45, 7) is 5.29. The number of nitrogens with zero attached hydrogens (tertiary/aromatic N) is 1. The molecule has 2 rings (SSSR count). The summed E-state index contributed by atoms with van der Waals surface area (Å²) < 4.78 is 5.32. The standard InChI is InChI=1S/C17H23NO4/c1-17(2,13-6-4-3-5-7-13)11-15(19)18-8-9-22-12-14(18)10-16(20)21/h3-7,14H,8-12H2,1-2H3,(H,20,21). The second-order valence-corrected chi connectivity index (χ2v) is 6.34. The molecule has 5 heteroatoms. The van der Waals surface area contributed by atoms with E-state index in [0.717, 1.165) is 5.56 Å². The molecule has 0 aromatic heterocycles. The second-order valence-electron chi connectivity index (χ2n) is 6.34. The van der Waals surface area contributed by atoms with Gasteiger partial charge in [-0.25, -0.2) is 0 Å². The molecule has 1 fully saturated rings. The number of morpholine rings is 1. The maximum Gasteiger partial charge on any atom is 0.305 e. The summed E-state index contributed by atoms with van der Waals surface area (Å²) in [5, 5.41) is 8.98. The van der Waals surface area contributed by atoms with E-state index in [9.17, 15) is 9.59 Å². The van der Waals surface area contributed by atoms with Crippen LogP contribution in [0, 0.1) is 0 Å². The van der Waals surface area contributed by atoms with Gasteiger partial charge in [-0.3, -0.25) is 9.59 Å². The number of aliphatic carboxylic acids is 1. The molecule has 120 valence electrons. The van der Waals surface area contributed by atoms with Gasteiger partial charge in [-0.2, -0.15) is 0 Å². The Hall–Kier alpha value is -1.88. The van der Waals surface area contributed by atoms with Crippen molar-refractivity contribution in [2.75, 3.05) is 19.8 Å². The summed E-state index contributed by atoms with van der Waals surface area (Å²) >= 11 is 0. The van der Waals surface area contributed by atoms with Gasteiger partial charge in [-0.15, -0.1) is 0 Å². The van der Waals surface area contributed by atoms with E-state index in [-0.39, 0.29) is 23.8 Å². The largest absolute Gasteiger partial charge is 0.481 e. The van der Waals surface area contributed by atoms with Crippen molar-refractivity contribution in [3.8, 4) is 0 Å². The van der Waals surface area contributed by atoms with Crippen molar-refractivity contribution in [3.05, 3.63) is 35.9 Å². The first-order chi connectivity index (χ1) is 10.4. The molecule has 0 aliphatic carbocycles. The highest BCUT2D eigenvalue weighted by Crippen LogP contribution is 2.28. The van der Waals surface area contributed by atoms with E-state index in [0.29, 0.717) is 26.2 Å². The number of rotatable bonds is 5. The summed E-state index contributed by atoms with van der Waals surface area (Å²) in [6.07, 6.45) is 0.282. The number of hydrogen-bond donors (Lipinski definition) is 1. The molecule has 22 heavy (non-hydrogen) atoms. The van der Waals surface area contributed by atoms with Gasteiger partial charge in [0.25, 0.3) is 0 Å². The van der Waals surface area contributed by atoms with E-state index < -0.39 is 5.97 Å². The zero-order valence-corrected chi connectivity index (χ0v) is 13.1. The van der Waals surface area contributed by atoms with Gasteiger partial charge in [0.05, 0.1) is 25.7 Å². The molecule has 1 saturated heterocycles. The monoisotopic (exact) mass is 305 g/mol. The van der Waals surface area contributed by atoms with Gasteiger partial charge in [0.2, 0.25) is 5.91 Å². The highest BCUT2D eigenvalue weighted by molar-refractivity contribution is 5.79. The Balaban J connectivity index is 2.07. The van der Waals surface area contributed by atoms with Crippen molar-refractivity contribution in [1.29, 1.82) is 0 Å². The number of ether oxygens (including phenoxy) is 1. The molecule has 1 aliphatic heterocycles. The molecule has 1 unspecified atom stereocenters. The van der Waals surface area contributed by atoms with E-state index in [2.05, 4.69) is 0 Å². The molecule has 0 bridgehead atoms. The Morgan fingerprint density at radius 3 is 2.64 bits per heavy atom. The molecular weight excluding hydrogens is 282 g/mol. The van der Waals surface area contributed by atoms with Gasteiger partial charge in [-0.1, -0.05) is 44.2 Å². The lowest BCUT2D eigenvalue weighted by Gasteiger charge is -2.37. The summed E-state index contributed by atoms with van der Waals surface area (Å²) in [5.74, 6) is -0.918. The molecule has 0 spiro atoms. The fourth-order valence-electron chi connectivity index (χ4n) is 2.82. The van der Waals surface area contributed by atoms with Gasteiger partial charge in [-0.05, 0) is 11.0 Å². The predicted molar refractivity (Wildman–Crippen MR) is 82.7 cm³/mol. The van der Waals surface area contributed by atoms with Gasteiger partial charge in [0, 0.05) is 13.0 Å². The van der Waals surface area contributed by atoms with E-state index in [1.807, 2.05) is 44.2 Å². The van der Waals surface area contributed by atoms with E-state index in [4.69, 9.17) is 9.84 Å². The Morgan fingerprint density at radius 2 is 2.00 bits per heavy atom. The molecule has 1 aromatic carbocycles. The van der Waals surface area contributed by atoms with Gasteiger partial charge in [0.1, 0.15) is 0 Å². The number of carbonyl (C=O) groups excluding carboxylic acids is 1. The van der Waals surface area contributed by atoms with Crippen LogP contribution in [-0.4, -0.2) is 47.7 Å². The maximum atomic E-state index is 12.7. The number of benzene rings is 1. The number of carboxylic acid groups (broad SMARTS) is 1. The van der Waals surface area contributed by atoms with Crippen molar-refractivity contribution in [3.63, 3.8) is 0 Å². The van der Waals surface area contributed by atoms with Crippen molar-refractivity contribution in [2.45, 2.75) is 38.1 Å². The predicted octanol–water partition coefficient (Wildman–Crippen LogP) is 2.06. The van der Waals surface area contributed by atoms with Crippen LogP contribution in [0.15, 0.2) is 30.3 Å². The number of carbonyl (C=O) groups is 2. The Bertz CT molecular complexity index is 527. The quantitative estimate of drug-likeness (QED) is 0.904. The molecule has 1 atom stereocenters. The highest BCUT2D eigenvalue weighted by Gasteiger charge is 2.33. The fraction of sp³-hybridized carbons (Fsp3) is 0.529. The third-order valence-corrected chi connectivity index (χ3v) is 4.11. The molecule has 5 nitrogen and oxygen atoms in total. The Kier molecular flexibility index (Phi) is 5.19. The van der Waals surface area contributed by atoms with Crippen LogP contribution in [0.1, 0.15) is 32.3 Å². The molecule has 1 N–H and O–H groups in total. The lowest BCUT2D eigenvalue weighted by atomic mass is 9.81. The van der Waals surface area contributed by atoms with Crippen molar-refractivity contribution in [2.24, 2.45) is 0 Å². The number of amides is 1. The summed E-state index contributed by atoms with van der Waals surface area (Å²) in [5.41, 5.74) is 0.816. The summed E-state index contributed by atoms with van der Waals surface area (Å²) in [6, 6.07) is 9.53. The minimum atomic E-state index is -0.907. The molecule has 1 heterocycles. The first kappa shape index (κ1) is 16.5. The molecule has 1 amide bonds. The van der Waals surface area contributed by atoms with E-state index in [1.165, 1.54) is 0 Å². The van der Waals surface area contributed by atoms with Crippen LogP contribution in [0.5, 0.6) is 0 Å². The molecular formula is C17H23NO4. The first-order valence-electron chi connectivity index (χ1n) is 7.55. The molecule has 0 saturated carbocycles. The van der Waals surface area contributed by atoms with Crippen molar-refractivity contribution >= 4 is 11.9 Å². The van der Waals surface area contributed by atoms with Crippen LogP contribution in [0.4, 0.5) is 0 Å². The van der Waals surface area contributed by atoms with Crippen LogP contribution < -0.4 is 0 Å². The maximum absolute atomic E-state index is 12.7.